The van der Waals surface area contributed by atoms with Gasteiger partial charge < -0.3 is 30.3 Å². The zero-order chi connectivity index (χ0) is 32.7. The van der Waals surface area contributed by atoms with Crippen LogP contribution < -0.4 is 20.1 Å². The summed E-state index contributed by atoms with van der Waals surface area (Å²) >= 11 is 0. The van der Waals surface area contributed by atoms with Gasteiger partial charge in [0.25, 0.3) is 0 Å². The molecule has 0 spiro atoms. The van der Waals surface area contributed by atoms with Crippen molar-refractivity contribution in [1.82, 2.24) is 10.6 Å². The van der Waals surface area contributed by atoms with E-state index in [1.54, 1.807) is 0 Å². The Balaban J connectivity index is 1.86. The van der Waals surface area contributed by atoms with Crippen molar-refractivity contribution < 1.29 is 19.7 Å². The number of hydrogen-bond acceptors (Lipinski definition) is 6. The van der Waals surface area contributed by atoms with Gasteiger partial charge >= 0.3 is 0 Å². The van der Waals surface area contributed by atoms with E-state index < -0.39 is 12.2 Å². The van der Waals surface area contributed by atoms with E-state index in [4.69, 9.17) is 9.47 Å². The van der Waals surface area contributed by atoms with Crippen molar-refractivity contribution in [1.29, 1.82) is 0 Å². The van der Waals surface area contributed by atoms with Crippen LogP contribution in [0.25, 0.3) is 0 Å². The van der Waals surface area contributed by atoms with E-state index in [0.717, 1.165) is 24.3 Å². The van der Waals surface area contributed by atoms with Gasteiger partial charge in [0.1, 0.15) is 36.9 Å². The monoisotopic (exact) mass is 598 g/mol. The molecule has 2 aromatic carbocycles. The minimum atomic E-state index is -0.589. The molecule has 0 radical (unpaired) electrons. The van der Waals surface area contributed by atoms with Crippen molar-refractivity contribution in [3.05, 3.63) is 59.7 Å². The van der Waals surface area contributed by atoms with Crippen LogP contribution in [0.2, 0.25) is 0 Å². The van der Waals surface area contributed by atoms with Gasteiger partial charge in [0.05, 0.1) is 0 Å². The second-order valence-corrected chi connectivity index (χ2v) is 16.6. The van der Waals surface area contributed by atoms with Gasteiger partial charge in [0.2, 0.25) is 0 Å². The Morgan fingerprint density at radius 2 is 0.837 bits per heavy atom. The lowest BCUT2D eigenvalue weighted by Crippen LogP contribution is -2.46. The number of ether oxygens (including phenoxy) is 2. The van der Waals surface area contributed by atoms with Crippen LogP contribution in [0, 0.1) is 10.8 Å². The molecule has 0 aliphatic carbocycles. The lowest BCUT2D eigenvalue weighted by Gasteiger charge is -2.34. The van der Waals surface area contributed by atoms with Crippen LogP contribution >= 0.6 is 0 Å². The molecule has 2 rings (SSSR count). The van der Waals surface area contributed by atoms with Crippen LogP contribution in [-0.2, 0) is 5.41 Å². The van der Waals surface area contributed by atoms with E-state index in [1.165, 1.54) is 11.1 Å². The minimum absolute atomic E-state index is 0.0568. The molecule has 0 heterocycles. The Morgan fingerprint density at radius 1 is 0.535 bits per heavy atom. The number of β-amino-alcohol motifs (C(OH)–C–C–N with tert-alkyl or cyclic N) is 2. The van der Waals surface area contributed by atoms with Gasteiger partial charge in [0, 0.05) is 29.6 Å². The highest BCUT2D eigenvalue weighted by molar-refractivity contribution is 5.41. The third kappa shape index (κ3) is 14.0. The first kappa shape index (κ1) is 37.1. The van der Waals surface area contributed by atoms with Crippen molar-refractivity contribution >= 4 is 0 Å². The molecule has 0 bridgehead atoms. The van der Waals surface area contributed by atoms with Crippen LogP contribution in [-0.4, -0.2) is 59.8 Å². The van der Waals surface area contributed by atoms with Crippen molar-refractivity contribution in [2.45, 2.75) is 125 Å². The number of benzene rings is 2. The Kier molecular flexibility index (Phi) is 12.7. The molecule has 244 valence electrons. The summed E-state index contributed by atoms with van der Waals surface area (Å²) in [4.78, 5) is 0. The molecule has 0 aromatic heterocycles. The summed E-state index contributed by atoms with van der Waals surface area (Å²) in [5, 5.41) is 27.9. The average molecular weight is 599 g/mol. The number of aliphatic hydroxyl groups excluding tert-OH is 2. The van der Waals surface area contributed by atoms with Crippen LogP contribution in [0.15, 0.2) is 48.5 Å². The summed E-state index contributed by atoms with van der Waals surface area (Å²) in [5.41, 5.74) is 2.43. The molecule has 0 amide bonds. The van der Waals surface area contributed by atoms with E-state index in [9.17, 15) is 10.2 Å². The fraction of sp³-hybridized carbons (Fsp3) is 0.676. The van der Waals surface area contributed by atoms with Gasteiger partial charge in [-0.2, -0.15) is 0 Å². The molecular formula is C37H62N2O4. The first-order chi connectivity index (χ1) is 19.6. The number of rotatable bonds is 16. The summed E-state index contributed by atoms with van der Waals surface area (Å²) in [6.45, 7) is 27.9. The molecule has 2 aromatic rings. The standard InChI is InChI=1S/C37H62N2O4/c1-33(2,3)25-35(7,8)38-21-29(40)23-42-31-17-13-27(14-18-31)37(11,12)28-15-19-32(20-16-28)43-24-30(41)22-39-36(9,10)26-34(4,5)6/h13-20,29-30,38-41H,21-26H2,1-12H3/t29-,30?/m1/s1. The smallest absolute Gasteiger partial charge is 0.119 e. The topological polar surface area (TPSA) is 83.0 Å². The van der Waals surface area contributed by atoms with E-state index in [1.807, 2.05) is 24.3 Å². The first-order valence-electron chi connectivity index (χ1n) is 15.9. The Bertz CT molecular complexity index is 1010. The van der Waals surface area contributed by atoms with E-state index in [2.05, 4.69) is 118 Å². The summed E-state index contributed by atoms with van der Waals surface area (Å²) in [6.07, 6.45) is 0.846. The molecule has 0 saturated heterocycles. The molecule has 0 saturated carbocycles. The van der Waals surface area contributed by atoms with E-state index >= 15 is 0 Å². The van der Waals surface area contributed by atoms with Crippen molar-refractivity contribution in [2.75, 3.05) is 26.3 Å². The van der Waals surface area contributed by atoms with Crippen LogP contribution in [0.5, 0.6) is 11.5 Å². The Hall–Kier alpha value is -2.12. The highest BCUT2D eigenvalue weighted by Gasteiger charge is 2.27. The van der Waals surface area contributed by atoms with E-state index in [0.29, 0.717) is 13.1 Å². The number of aliphatic hydroxyl groups is 2. The zero-order valence-corrected chi connectivity index (χ0v) is 29.2. The molecule has 0 aliphatic rings. The lowest BCUT2D eigenvalue weighted by atomic mass is 9.78. The summed E-state index contributed by atoms with van der Waals surface area (Å²) in [5.74, 6) is 1.48. The van der Waals surface area contributed by atoms with Crippen molar-refractivity contribution in [3.8, 4) is 11.5 Å². The maximum atomic E-state index is 10.5. The quantitative estimate of drug-likeness (QED) is 0.165. The van der Waals surface area contributed by atoms with Crippen LogP contribution in [0.4, 0.5) is 0 Å². The SMILES string of the molecule is CC(C)(C)CC(C)(C)NCC(O)COc1ccc(C(C)(C)c2ccc(OC[C@H](O)CNC(C)(C)CC(C)(C)C)cc2)cc1. The zero-order valence-electron chi connectivity index (χ0n) is 29.2. The van der Waals surface area contributed by atoms with E-state index in [-0.39, 0.29) is 40.5 Å². The third-order valence-electron chi connectivity index (χ3n) is 7.61. The third-order valence-corrected chi connectivity index (χ3v) is 7.61. The number of hydrogen-bond donors (Lipinski definition) is 4. The van der Waals surface area contributed by atoms with Gasteiger partial charge in [-0.05, 0) is 86.8 Å². The van der Waals surface area contributed by atoms with Gasteiger partial charge in [0.15, 0.2) is 0 Å². The van der Waals surface area contributed by atoms with Gasteiger partial charge in [-0.15, -0.1) is 0 Å². The Morgan fingerprint density at radius 3 is 1.12 bits per heavy atom. The van der Waals surface area contributed by atoms with Crippen molar-refractivity contribution in [3.63, 3.8) is 0 Å². The first-order valence-corrected chi connectivity index (χ1v) is 15.9. The highest BCUT2D eigenvalue weighted by atomic mass is 16.5. The molecule has 6 nitrogen and oxygen atoms in total. The fourth-order valence-corrected chi connectivity index (χ4v) is 6.17. The normalized spacial score (nSPS) is 14.8. The second kappa shape index (κ2) is 14.8. The molecule has 43 heavy (non-hydrogen) atoms. The number of nitrogens with one attached hydrogen (secondary N) is 2. The largest absolute Gasteiger partial charge is 0.491 e. The molecule has 6 heteroatoms. The molecule has 0 fully saturated rings. The summed E-state index contributed by atoms with van der Waals surface area (Å²) in [6, 6.07) is 16.2. The maximum Gasteiger partial charge on any atom is 0.119 e. The maximum absolute atomic E-state index is 10.5. The van der Waals surface area contributed by atoms with Gasteiger partial charge in [-0.25, -0.2) is 0 Å². The minimum Gasteiger partial charge on any atom is -0.491 e. The predicted octanol–water partition coefficient (Wildman–Crippen LogP) is 7.10. The Labute approximate surface area is 263 Å². The predicted molar refractivity (Wildman–Crippen MR) is 180 cm³/mol. The van der Waals surface area contributed by atoms with Gasteiger partial charge in [-0.1, -0.05) is 79.7 Å². The average Bonchev–Trinajstić information content (AvgIpc) is 2.86. The van der Waals surface area contributed by atoms with Crippen LogP contribution in [0.1, 0.15) is 107 Å². The molecule has 2 atom stereocenters. The van der Waals surface area contributed by atoms with Crippen molar-refractivity contribution in [2.24, 2.45) is 10.8 Å². The summed E-state index contributed by atoms with van der Waals surface area (Å²) in [7, 11) is 0. The lowest BCUT2D eigenvalue weighted by molar-refractivity contribution is 0.0944. The molecule has 0 aliphatic heterocycles. The summed E-state index contributed by atoms with van der Waals surface area (Å²) < 4.78 is 11.8. The molecule has 4 N–H and O–H groups in total. The van der Waals surface area contributed by atoms with Gasteiger partial charge in [-0.3, -0.25) is 0 Å². The molecule has 1 unspecified atom stereocenters. The second-order valence-electron chi connectivity index (χ2n) is 16.6. The highest BCUT2D eigenvalue weighted by Crippen LogP contribution is 2.33. The van der Waals surface area contributed by atoms with Crippen LogP contribution in [0.3, 0.4) is 0 Å². The molecular weight excluding hydrogens is 536 g/mol. The fourth-order valence-electron chi connectivity index (χ4n) is 6.17.